The zero-order chi connectivity index (χ0) is 18.2. The van der Waals surface area contributed by atoms with Crippen molar-refractivity contribution in [1.82, 2.24) is 0 Å². The number of anilines is 1. The van der Waals surface area contributed by atoms with Gasteiger partial charge in [0.1, 0.15) is 6.61 Å². The first-order valence-corrected chi connectivity index (χ1v) is 7.77. The normalized spacial score (nSPS) is 10.1. The molecule has 0 spiro atoms. The quantitative estimate of drug-likeness (QED) is 0.460. The fourth-order valence-electron chi connectivity index (χ4n) is 2.05. The maximum Gasteiger partial charge on any atom is 0.306 e. The largest absolute Gasteiger partial charge is 0.461 e. The summed E-state index contributed by atoms with van der Waals surface area (Å²) in [7, 11) is 0. The zero-order valence-corrected chi connectivity index (χ0v) is 13.9. The molecule has 0 saturated heterocycles. The molecule has 0 heterocycles. The molecular formula is C17H15ClN2O5. The van der Waals surface area contributed by atoms with Crippen LogP contribution in [0.4, 0.5) is 11.4 Å². The summed E-state index contributed by atoms with van der Waals surface area (Å²) in [5.41, 5.74) is 0.712. The SMILES string of the molecule is O=C(CCC(=O)OCc1ccccc1[N+](=O)[O-])Nc1cccc(Cl)c1. The lowest BCUT2D eigenvalue weighted by Crippen LogP contribution is -2.14. The van der Waals surface area contributed by atoms with E-state index in [1.807, 2.05) is 0 Å². The highest BCUT2D eigenvalue weighted by molar-refractivity contribution is 6.30. The lowest BCUT2D eigenvalue weighted by Gasteiger charge is -2.07. The monoisotopic (exact) mass is 362 g/mol. The molecule has 8 heteroatoms. The van der Waals surface area contributed by atoms with Crippen molar-refractivity contribution in [3.63, 3.8) is 0 Å². The number of hydrogen-bond acceptors (Lipinski definition) is 5. The van der Waals surface area contributed by atoms with Crippen LogP contribution in [-0.2, 0) is 20.9 Å². The van der Waals surface area contributed by atoms with Crippen LogP contribution in [-0.4, -0.2) is 16.8 Å². The Bertz CT molecular complexity index is 794. The molecule has 0 aliphatic carbocycles. The van der Waals surface area contributed by atoms with Gasteiger partial charge in [-0.05, 0) is 24.3 Å². The summed E-state index contributed by atoms with van der Waals surface area (Å²) in [5, 5.41) is 14.0. The van der Waals surface area contributed by atoms with Crippen molar-refractivity contribution in [2.45, 2.75) is 19.4 Å². The van der Waals surface area contributed by atoms with Gasteiger partial charge in [-0.2, -0.15) is 0 Å². The van der Waals surface area contributed by atoms with Crippen molar-refractivity contribution in [3.05, 3.63) is 69.2 Å². The summed E-state index contributed by atoms with van der Waals surface area (Å²) in [6, 6.07) is 12.6. The molecular weight excluding hydrogens is 348 g/mol. The predicted molar refractivity (Wildman–Crippen MR) is 92.2 cm³/mol. The van der Waals surface area contributed by atoms with E-state index in [-0.39, 0.29) is 31.0 Å². The van der Waals surface area contributed by atoms with Crippen LogP contribution in [0.2, 0.25) is 5.02 Å². The van der Waals surface area contributed by atoms with Gasteiger partial charge in [0.25, 0.3) is 5.69 Å². The van der Waals surface area contributed by atoms with Gasteiger partial charge in [0.2, 0.25) is 5.91 Å². The van der Waals surface area contributed by atoms with Crippen molar-refractivity contribution in [2.75, 3.05) is 5.32 Å². The molecule has 0 atom stereocenters. The van der Waals surface area contributed by atoms with Gasteiger partial charge >= 0.3 is 5.97 Å². The second kappa shape index (κ2) is 8.79. The molecule has 0 fully saturated rings. The van der Waals surface area contributed by atoms with Gasteiger partial charge in [-0.3, -0.25) is 19.7 Å². The van der Waals surface area contributed by atoms with Crippen LogP contribution < -0.4 is 5.32 Å². The molecule has 0 saturated carbocycles. The van der Waals surface area contributed by atoms with Gasteiger partial charge in [-0.15, -0.1) is 0 Å². The molecule has 1 N–H and O–H groups in total. The van der Waals surface area contributed by atoms with Crippen molar-refractivity contribution < 1.29 is 19.2 Å². The number of ether oxygens (including phenoxy) is 1. The highest BCUT2D eigenvalue weighted by Crippen LogP contribution is 2.19. The summed E-state index contributed by atoms with van der Waals surface area (Å²) in [6.07, 6.45) is -0.199. The number of rotatable bonds is 7. The highest BCUT2D eigenvalue weighted by Gasteiger charge is 2.15. The Morgan fingerprint density at radius 2 is 1.88 bits per heavy atom. The smallest absolute Gasteiger partial charge is 0.306 e. The van der Waals surface area contributed by atoms with Crippen LogP contribution in [0.5, 0.6) is 0 Å². The van der Waals surface area contributed by atoms with E-state index >= 15 is 0 Å². The summed E-state index contributed by atoms with van der Waals surface area (Å²) in [6.45, 7) is -0.216. The van der Waals surface area contributed by atoms with Crippen LogP contribution in [0.3, 0.4) is 0 Å². The summed E-state index contributed by atoms with van der Waals surface area (Å²) in [5.74, 6) is -0.968. The number of nitrogens with one attached hydrogen (secondary N) is 1. The number of nitrogens with zero attached hydrogens (tertiary/aromatic N) is 1. The molecule has 2 aromatic carbocycles. The summed E-state index contributed by atoms with van der Waals surface area (Å²) < 4.78 is 4.99. The van der Waals surface area contributed by atoms with Crippen LogP contribution in [0.1, 0.15) is 18.4 Å². The first-order valence-electron chi connectivity index (χ1n) is 7.39. The van der Waals surface area contributed by atoms with E-state index in [9.17, 15) is 19.7 Å². The van der Waals surface area contributed by atoms with Crippen molar-refractivity contribution >= 4 is 34.9 Å². The Hall–Kier alpha value is -2.93. The Labute approximate surface area is 148 Å². The number of hydrogen-bond donors (Lipinski definition) is 1. The van der Waals surface area contributed by atoms with Crippen LogP contribution >= 0.6 is 11.6 Å². The van der Waals surface area contributed by atoms with E-state index in [2.05, 4.69) is 5.32 Å². The van der Waals surface area contributed by atoms with E-state index in [0.29, 0.717) is 16.3 Å². The minimum Gasteiger partial charge on any atom is -0.461 e. The van der Waals surface area contributed by atoms with Crippen LogP contribution in [0, 0.1) is 10.1 Å². The number of carbonyl (C=O) groups excluding carboxylic acids is 2. The highest BCUT2D eigenvalue weighted by atomic mass is 35.5. The third-order valence-electron chi connectivity index (χ3n) is 3.24. The molecule has 2 rings (SSSR count). The molecule has 25 heavy (non-hydrogen) atoms. The lowest BCUT2D eigenvalue weighted by molar-refractivity contribution is -0.385. The number of halogens is 1. The number of nitro benzene ring substituents is 1. The Balaban J connectivity index is 1.79. The van der Waals surface area contributed by atoms with E-state index in [0.717, 1.165) is 0 Å². The van der Waals surface area contributed by atoms with E-state index in [4.69, 9.17) is 16.3 Å². The number of benzene rings is 2. The second-order valence-electron chi connectivity index (χ2n) is 5.11. The molecule has 7 nitrogen and oxygen atoms in total. The van der Waals surface area contributed by atoms with Crippen LogP contribution in [0.15, 0.2) is 48.5 Å². The second-order valence-corrected chi connectivity index (χ2v) is 5.54. The Morgan fingerprint density at radius 1 is 1.12 bits per heavy atom. The minimum atomic E-state index is -0.612. The predicted octanol–water partition coefficient (Wildman–Crippen LogP) is 3.71. The molecule has 0 radical (unpaired) electrons. The Morgan fingerprint density at radius 3 is 2.60 bits per heavy atom. The first kappa shape index (κ1) is 18.4. The summed E-state index contributed by atoms with van der Waals surface area (Å²) >= 11 is 5.82. The first-order chi connectivity index (χ1) is 12.0. The number of para-hydroxylation sites is 1. The lowest BCUT2D eigenvalue weighted by atomic mass is 10.2. The van der Waals surface area contributed by atoms with Gasteiger partial charge in [-0.25, -0.2) is 0 Å². The van der Waals surface area contributed by atoms with Gasteiger partial charge in [0.15, 0.2) is 0 Å². The minimum absolute atomic E-state index is 0.0672. The molecule has 0 aliphatic heterocycles. The third-order valence-corrected chi connectivity index (χ3v) is 3.48. The number of carbonyl (C=O) groups is 2. The van der Waals surface area contributed by atoms with Crippen molar-refractivity contribution in [3.8, 4) is 0 Å². The third kappa shape index (κ3) is 5.89. The van der Waals surface area contributed by atoms with Gasteiger partial charge < -0.3 is 10.1 Å². The average molecular weight is 363 g/mol. The van der Waals surface area contributed by atoms with Crippen molar-refractivity contribution in [1.29, 1.82) is 0 Å². The maximum atomic E-state index is 11.8. The number of nitro groups is 1. The maximum absolute atomic E-state index is 11.8. The molecule has 130 valence electrons. The average Bonchev–Trinajstić information content (AvgIpc) is 2.58. The molecule has 1 amide bonds. The number of esters is 1. The molecule has 0 aliphatic rings. The zero-order valence-electron chi connectivity index (χ0n) is 13.1. The van der Waals surface area contributed by atoms with Crippen LogP contribution in [0.25, 0.3) is 0 Å². The number of amides is 1. The van der Waals surface area contributed by atoms with Gasteiger partial charge in [0, 0.05) is 23.2 Å². The van der Waals surface area contributed by atoms with E-state index in [1.165, 1.54) is 18.2 Å². The van der Waals surface area contributed by atoms with Gasteiger partial charge in [0.05, 0.1) is 16.9 Å². The van der Waals surface area contributed by atoms with E-state index in [1.54, 1.807) is 30.3 Å². The van der Waals surface area contributed by atoms with Gasteiger partial charge in [-0.1, -0.05) is 29.8 Å². The molecule has 0 bridgehead atoms. The van der Waals surface area contributed by atoms with Crippen molar-refractivity contribution in [2.24, 2.45) is 0 Å². The fraction of sp³-hybridized carbons (Fsp3) is 0.176. The molecule has 0 aromatic heterocycles. The standard InChI is InChI=1S/C17H15ClN2O5/c18-13-5-3-6-14(10-13)19-16(21)8-9-17(22)25-11-12-4-1-2-7-15(12)20(23)24/h1-7,10H,8-9,11H2,(H,19,21). The molecule has 0 unspecified atom stereocenters. The fourth-order valence-corrected chi connectivity index (χ4v) is 2.24. The summed E-state index contributed by atoms with van der Waals surface area (Å²) in [4.78, 5) is 33.9. The van der Waals surface area contributed by atoms with E-state index < -0.39 is 10.9 Å². The Kier molecular flexibility index (Phi) is 6.47. The topological polar surface area (TPSA) is 98.5 Å². The molecule has 2 aromatic rings.